The van der Waals surface area contributed by atoms with Gasteiger partial charge in [0.15, 0.2) is 21.2 Å². The van der Waals surface area contributed by atoms with Crippen LogP contribution < -0.4 is 0 Å². The van der Waals surface area contributed by atoms with Gasteiger partial charge in [0, 0.05) is 24.2 Å². The van der Waals surface area contributed by atoms with E-state index in [1.54, 1.807) is 0 Å². The van der Waals surface area contributed by atoms with Crippen molar-refractivity contribution >= 4 is 24.4 Å². The molecule has 0 radical (unpaired) electrons. The minimum Gasteiger partial charge on any atom is -0.300 e. The van der Waals surface area contributed by atoms with E-state index in [0.29, 0.717) is 9.54 Å². The summed E-state index contributed by atoms with van der Waals surface area (Å²) in [7, 11) is 0. The van der Waals surface area contributed by atoms with E-state index in [2.05, 4.69) is 72.4 Å². The molecule has 4 aromatic rings. The van der Waals surface area contributed by atoms with Gasteiger partial charge < -0.3 is 9.13 Å². The number of aromatic nitrogens is 6. The van der Waals surface area contributed by atoms with E-state index in [1.165, 1.54) is 11.1 Å². The molecular formula is C22H26N6S2. The predicted octanol–water partition coefficient (Wildman–Crippen LogP) is 5.87. The molecule has 0 bridgehead atoms. The Morgan fingerprint density at radius 3 is 1.47 bits per heavy atom. The molecule has 156 valence electrons. The third kappa shape index (κ3) is 4.83. The molecule has 0 spiro atoms. The molecule has 2 N–H and O–H groups in total. The van der Waals surface area contributed by atoms with E-state index >= 15 is 0 Å². The van der Waals surface area contributed by atoms with Crippen LogP contribution in [0, 0.1) is 23.4 Å². The summed E-state index contributed by atoms with van der Waals surface area (Å²) in [6.45, 7) is 9.93. The van der Waals surface area contributed by atoms with Gasteiger partial charge in [0.05, 0.1) is 0 Å². The van der Waals surface area contributed by atoms with Crippen molar-refractivity contribution in [1.29, 1.82) is 0 Å². The molecule has 30 heavy (non-hydrogen) atoms. The number of hydrogen-bond acceptors (Lipinski definition) is 4. The number of nitrogens with zero attached hydrogens (tertiary/aromatic N) is 4. The van der Waals surface area contributed by atoms with Gasteiger partial charge in [-0.15, -0.1) is 0 Å². The summed E-state index contributed by atoms with van der Waals surface area (Å²) in [6.07, 6.45) is 0. The molecule has 0 saturated heterocycles. The van der Waals surface area contributed by atoms with Crippen molar-refractivity contribution in [3.05, 3.63) is 69.2 Å². The molecule has 2 aromatic carbocycles. The quantitative estimate of drug-likeness (QED) is 0.391. The van der Waals surface area contributed by atoms with E-state index in [9.17, 15) is 0 Å². The minimum absolute atomic E-state index is 0.675. The van der Waals surface area contributed by atoms with Crippen LogP contribution in [0.25, 0.3) is 22.8 Å². The molecule has 0 saturated carbocycles. The molecule has 0 atom stereocenters. The normalized spacial score (nSPS) is 10.5. The lowest BCUT2D eigenvalue weighted by Crippen LogP contribution is -1.97. The van der Waals surface area contributed by atoms with Crippen molar-refractivity contribution in [2.24, 2.45) is 0 Å². The molecule has 0 fully saturated rings. The van der Waals surface area contributed by atoms with Gasteiger partial charge in [-0.2, -0.15) is 10.2 Å². The van der Waals surface area contributed by atoms with Gasteiger partial charge >= 0.3 is 0 Å². The van der Waals surface area contributed by atoms with Crippen LogP contribution in [-0.2, 0) is 13.1 Å². The number of benzene rings is 2. The zero-order valence-corrected chi connectivity index (χ0v) is 19.3. The lowest BCUT2D eigenvalue weighted by molar-refractivity contribution is 0.755. The van der Waals surface area contributed by atoms with Crippen molar-refractivity contribution < 1.29 is 0 Å². The maximum absolute atomic E-state index is 5.15. The summed E-state index contributed by atoms with van der Waals surface area (Å²) in [6, 6.07) is 16.5. The van der Waals surface area contributed by atoms with Crippen molar-refractivity contribution in [3.8, 4) is 22.8 Å². The van der Waals surface area contributed by atoms with Gasteiger partial charge in [0.2, 0.25) is 0 Å². The van der Waals surface area contributed by atoms with E-state index in [1.807, 2.05) is 33.4 Å². The van der Waals surface area contributed by atoms with Crippen LogP contribution in [0.2, 0.25) is 0 Å². The van der Waals surface area contributed by atoms with E-state index in [4.69, 9.17) is 24.4 Å². The Kier molecular flexibility index (Phi) is 7.12. The Hall–Kier alpha value is -2.84. The Morgan fingerprint density at radius 2 is 1.13 bits per heavy atom. The second kappa shape index (κ2) is 9.77. The lowest BCUT2D eigenvalue weighted by atomic mass is 10.1. The summed E-state index contributed by atoms with van der Waals surface area (Å²) in [5, 5.41) is 14.1. The molecular weight excluding hydrogens is 412 g/mol. The van der Waals surface area contributed by atoms with Gasteiger partial charge in [-0.25, -0.2) is 0 Å². The number of aromatic amines is 2. The van der Waals surface area contributed by atoms with Gasteiger partial charge in [0.1, 0.15) is 0 Å². The number of rotatable bonds is 4. The Bertz CT molecular complexity index is 1150. The highest BCUT2D eigenvalue weighted by molar-refractivity contribution is 7.71. The number of H-pyrrole nitrogens is 2. The molecule has 0 unspecified atom stereocenters. The average molecular weight is 439 g/mol. The lowest BCUT2D eigenvalue weighted by Gasteiger charge is -2.03. The molecule has 6 nitrogen and oxygen atoms in total. The third-order valence-electron chi connectivity index (χ3n) is 4.70. The van der Waals surface area contributed by atoms with Crippen molar-refractivity contribution in [1.82, 2.24) is 29.5 Å². The summed E-state index contributed by atoms with van der Waals surface area (Å²) in [4.78, 5) is 0. The molecule has 2 aromatic heterocycles. The van der Waals surface area contributed by atoms with Gasteiger partial charge in [0.25, 0.3) is 0 Å². The van der Waals surface area contributed by atoms with Gasteiger partial charge in [-0.05, 0) is 64.3 Å². The maximum Gasteiger partial charge on any atom is 0.195 e. The van der Waals surface area contributed by atoms with Crippen LogP contribution in [0.3, 0.4) is 0 Å². The Morgan fingerprint density at radius 1 is 0.733 bits per heavy atom. The second-order valence-corrected chi connectivity index (χ2v) is 7.71. The van der Waals surface area contributed by atoms with E-state index in [-0.39, 0.29) is 0 Å². The molecule has 8 heteroatoms. The van der Waals surface area contributed by atoms with Crippen LogP contribution in [0.4, 0.5) is 0 Å². The van der Waals surface area contributed by atoms with Crippen LogP contribution in [0.1, 0.15) is 25.0 Å². The summed E-state index contributed by atoms with van der Waals surface area (Å²) in [5.74, 6) is 1.82. The zero-order valence-electron chi connectivity index (χ0n) is 17.6. The summed E-state index contributed by atoms with van der Waals surface area (Å²) in [5.41, 5.74) is 4.65. The largest absolute Gasteiger partial charge is 0.300 e. The fourth-order valence-electron chi connectivity index (χ4n) is 3.23. The van der Waals surface area contributed by atoms with Crippen LogP contribution in [-0.4, -0.2) is 29.5 Å². The highest BCUT2D eigenvalue weighted by Crippen LogP contribution is 2.19. The Balaban J connectivity index is 0.000000171. The summed E-state index contributed by atoms with van der Waals surface area (Å²) < 4.78 is 5.33. The first kappa shape index (κ1) is 21.9. The van der Waals surface area contributed by atoms with Crippen LogP contribution >= 0.6 is 24.4 Å². The van der Waals surface area contributed by atoms with Gasteiger partial charge in [-0.1, -0.05) is 47.5 Å². The SMILES string of the molecule is CCn1c(-c2cccc(C)c2)n[nH]c1=S.CCn1c(-c2cccc(C)c2)n[nH]c1=S. The number of aryl methyl sites for hydroxylation is 2. The predicted molar refractivity (Wildman–Crippen MR) is 127 cm³/mol. The monoisotopic (exact) mass is 438 g/mol. The topological polar surface area (TPSA) is 67.2 Å². The first-order valence-electron chi connectivity index (χ1n) is 9.89. The first-order chi connectivity index (χ1) is 14.4. The molecule has 2 heterocycles. The van der Waals surface area contributed by atoms with Crippen LogP contribution in [0.15, 0.2) is 48.5 Å². The fourth-order valence-corrected chi connectivity index (χ4v) is 3.75. The van der Waals surface area contributed by atoms with Crippen molar-refractivity contribution in [3.63, 3.8) is 0 Å². The maximum atomic E-state index is 5.15. The second-order valence-electron chi connectivity index (χ2n) is 6.93. The fraction of sp³-hybridized carbons (Fsp3) is 0.273. The molecule has 0 aliphatic rings. The molecule has 0 amide bonds. The van der Waals surface area contributed by atoms with Crippen molar-refractivity contribution in [2.75, 3.05) is 0 Å². The first-order valence-corrected chi connectivity index (χ1v) is 10.7. The highest BCUT2D eigenvalue weighted by atomic mass is 32.1. The standard InChI is InChI=1S/2C11H13N3S/c2*1-3-14-10(12-13-11(14)15)9-6-4-5-8(2)7-9/h2*4-7H,3H2,1-2H3,(H,13,15). The zero-order chi connectivity index (χ0) is 21.7. The minimum atomic E-state index is 0.675. The molecule has 0 aliphatic carbocycles. The van der Waals surface area contributed by atoms with Gasteiger partial charge in [-0.3, -0.25) is 10.2 Å². The summed E-state index contributed by atoms with van der Waals surface area (Å²) >= 11 is 10.3. The van der Waals surface area contributed by atoms with E-state index in [0.717, 1.165) is 35.9 Å². The third-order valence-corrected chi connectivity index (χ3v) is 5.32. The smallest absolute Gasteiger partial charge is 0.195 e. The highest BCUT2D eigenvalue weighted by Gasteiger charge is 2.07. The number of nitrogens with one attached hydrogen (secondary N) is 2. The molecule has 4 rings (SSSR count). The van der Waals surface area contributed by atoms with Crippen LogP contribution in [0.5, 0.6) is 0 Å². The number of hydrogen-bond donors (Lipinski definition) is 2. The van der Waals surface area contributed by atoms with E-state index < -0.39 is 0 Å². The van der Waals surface area contributed by atoms with Crippen molar-refractivity contribution in [2.45, 2.75) is 40.8 Å². The Labute approximate surface area is 186 Å². The molecule has 0 aliphatic heterocycles. The average Bonchev–Trinajstić information content (AvgIpc) is 3.30.